The molecule has 5 rings (SSSR count). The zero-order valence-corrected chi connectivity index (χ0v) is 14.6. The number of rotatable bonds is 3. The molecule has 1 aliphatic carbocycles. The van der Waals surface area contributed by atoms with E-state index in [1.54, 1.807) is 0 Å². The molecule has 3 fully saturated rings. The molecule has 0 amide bonds. The molecule has 4 aliphatic rings. The van der Waals surface area contributed by atoms with Crippen molar-refractivity contribution in [2.45, 2.75) is 0 Å². The molecule has 3 heterocycles. The van der Waals surface area contributed by atoms with Crippen LogP contribution in [0.4, 0.5) is 17.6 Å². The van der Waals surface area contributed by atoms with Gasteiger partial charge in [-0.05, 0) is 5.46 Å². The van der Waals surface area contributed by atoms with Gasteiger partial charge in [0.1, 0.15) is 19.2 Å². The molecule has 3 aliphatic heterocycles. The number of nitrogens with zero attached hydrogens (tertiary/aromatic N) is 3. The van der Waals surface area contributed by atoms with E-state index in [1.807, 2.05) is 14.7 Å². The number of hydrogen-bond donors (Lipinski definition) is 0. The number of Topliss-reactive ketones (excluding diaryl/α,β-unsaturated/α-hetero) is 1. The standard InChI is InChI=1S/C12H13N3O2.C6HBF4/c16-9-7-8(13-1-2-13)12(17)11(15-5-6-15)10(9)14-3-4-14;7-4-5(10)2(8)1-3(9)6(4)11/h7H,1-6H2;1H. The van der Waals surface area contributed by atoms with Crippen LogP contribution in [0.3, 0.4) is 0 Å². The molecular weight excluding hydrogens is 377 g/mol. The summed E-state index contributed by atoms with van der Waals surface area (Å²) in [7, 11) is 4.65. The predicted octanol–water partition coefficient (Wildman–Crippen LogP) is 0.217. The van der Waals surface area contributed by atoms with Crippen LogP contribution in [0.15, 0.2) is 29.2 Å². The van der Waals surface area contributed by atoms with Gasteiger partial charge in [0.15, 0.2) is 23.3 Å². The summed E-state index contributed by atoms with van der Waals surface area (Å²) in [5, 5.41) is 0. The Morgan fingerprint density at radius 2 is 1.21 bits per heavy atom. The van der Waals surface area contributed by atoms with E-state index in [-0.39, 0.29) is 17.6 Å². The lowest BCUT2D eigenvalue weighted by Gasteiger charge is -2.21. The van der Waals surface area contributed by atoms with E-state index in [2.05, 4.69) is 7.85 Å². The third-order valence-electron chi connectivity index (χ3n) is 4.63. The smallest absolute Gasteiger partial charge is 0.227 e. The molecule has 0 saturated carbocycles. The Morgan fingerprint density at radius 3 is 1.68 bits per heavy atom. The zero-order valence-electron chi connectivity index (χ0n) is 14.6. The van der Waals surface area contributed by atoms with Gasteiger partial charge >= 0.3 is 0 Å². The summed E-state index contributed by atoms with van der Waals surface area (Å²) in [5.41, 5.74) is 0.750. The summed E-state index contributed by atoms with van der Waals surface area (Å²) in [4.78, 5) is 30.5. The molecule has 0 atom stereocenters. The number of carbonyl (C=O) groups excluding carboxylic acids is 2. The summed E-state index contributed by atoms with van der Waals surface area (Å²) in [6, 6.07) is 0.0982. The molecule has 0 aromatic heterocycles. The number of allylic oxidation sites excluding steroid dienone is 1. The summed E-state index contributed by atoms with van der Waals surface area (Å²) in [5.74, 6) is -6.08. The van der Waals surface area contributed by atoms with Crippen LogP contribution < -0.4 is 5.46 Å². The van der Waals surface area contributed by atoms with Crippen molar-refractivity contribution < 1.29 is 27.2 Å². The highest BCUT2D eigenvalue weighted by molar-refractivity contribution is 6.32. The van der Waals surface area contributed by atoms with Gasteiger partial charge in [-0.15, -0.1) is 0 Å². The lowest BCUT2D eigenvalue weighted by atomic mass is 9.94. The SMILES string of the molecule is O=C1C=C(N2CC2)C(=O)C(N2CC2)=C1N1CC1.[B]c1c(F)c(F)cc(F)c1F. The van der Waals surface area contributed by atoms with Crippen molar-refractivity contribution in [3.63, 3.8) is 0 Å². The van der Waals surface area contributed by atoms with Gasteiger partial charge < -0.3 is 14.7 Å². The molecule has 1 aromatic carbocycles. The molecule has 0 N–H and O–H groups in total. The van der Waals surface area contributed by atoms with Crippen LogP contribution in [0.5, 0.6) is 0 Å². The predicted molar refractivity (Wildman–Crippen MR) is 91.5 cm³/mol. The molecule has 10 heteroatoms. The lowest BCUT2D eigenvalue weighted by Crippen LogP contribution is -2.29. The van der Waals surface area contributed by atoms with Crippen LogP contribution in [0.25, 0.3) is 0 Å². The topological polar surface area (TPSA) is 43.2 Å². The average Bonchev–Trinajstić information content (AvgIpc) is 3.48. The Kier molecular flexibility index (Phi) is 4.43. The Labute approximate surface area is 159 Å². The summed E-state index contributed by atoms with van der Waals surface area (Å²) in [6.45, 7) is 5.41. The fourth-order valence-electron chi connectivity index (χ4n) is 2.87. The van der Waals surface area contributed by atoms with Gasteiger partial charge in [0.25, 0.3) is 0 Å². The van der Waals surface area contributed by atoms with Crippen molar-refractivity contribution in [3.05, 3.63) is 52.5 Å². The molecule has 5 nitrogen and oxygen atoms in total. The van der Waals surface area contributed by atoms with Crippen molar-refractivity contribution >= 4 is 24.9 Å². The molecular formula is C18H14BF4N3O2. The first kappa shape index (κ1) is 18.6. The number of carbonyl (C=O) groups is 2. The monoisotopic (exact) mass is 391 g/mol. The minimum absolute atomic E-state index is 0.00546. The van der Waals surface area contributed by atoms with E-state index < -0.39 is 28.7 Å². The first-order valence-electron chi connectivity index (χ1n) is 8.68. The van der Waals surface area contributed by atoms with Gasteiger partial charge in [0.05, 0.1) is 5.70 Å². The number of ketones is 2. The van der Waals surface area contributed by atoms with Crippen molar-refractivity contribution in [2.24, 2.45) is 0 Å². The van der Waals surface area contributed by atoms with Gasteiger partial charge in [-0.3, -0.25) is 9.59 Å². The first-order valence-corrected chi connectivity index (χ1v) is 8.68. The van der Waals surface area contributed by atoms with Crippen molar-refractivity contribution in [3.8, 4) is 0 Å². The lowest BCUT2D eigenvalue weighted by molar-refractivity contribution is -0.117. The second kappa shape index (κ2) is 6.68. The van der Waals surface area contributed by atoms with Crippen molar-refractivity contribution in [1.82, 2.24) is 14.7 Å². The number of halogens is 4. The second-order valence-corrected chi connectivity index (χ2v) is 6.76. The van der Waals surface area contributed by atoms with Crippen LogP contribution in [0.1, 0.15) is 0 Å². The maximum absolute atomic E-state index is 12.4. The van der Waals surface area contributed by atoms with E-state index in [0.29, 0.717) is 17.1 Å². The summed E-state index contributed by atoms with van der Waals surface area (Å²) < 4.78 is 48.8. The Bertz CT molecular complexity index is 924. The number of benzene rings is 1. The van der Waals surface area contributed by atoms with Crippen molar-refractivity contribution in [2.75, 3.05) is 39.3 Å². The maximum atomic E-state index is 12.4. The minimum atomic E-state index is -1.57. The fourth-order valence-corrected chi connectivity index (χ4v) is 2.87. The Balaban J connectivity index is 0.000000153. The molecule has 2 radical (unpaired) electrons. The van der Waals surface area contributed by atoms with Gasteiger partial charge in [0, 0.05) is 51.4 Å². The van der Waals surface area contributed by atoms with Gasteiger partial charge in [0.2, 0.25) is 11.6 Å². The normalized spacial score (nSPS) is 20.1. The molecule has 144 valence electrons. The van der Waals surface area contributed by atoms with Crippen LogP contribution >= 0.6 is 0 Å². The quantitative estimate of drug-likeness (QED) is 0.243. The fraction of sp³-hybridized carbons (Fsp3) is 0.333. The maximum Gasteiger partial charge on any atom is 0.227 e. The largest absolute Gasteiger partial charge is 0.365 e. The van der Waals surface area contributed by atoms with Crippen LogP contribution in [-0.2, 0) is 9.59 Å². The highest BCUT2D eigenvalue weighted by Crippen LogP contribution is 2.33. The van der Waals surface area contributed by atoms with Gasteiger partial charge in [-0.2, -0.15) is 0 Å². The third-order valence-corrected chi connectivity index (χ3v) is 4.63. The molecule has 1 aromatic rings. The van der Waals surface area contributed by atoms with Gasteiger partial charge in [-0.1, -0.05) is 0 Å². The number of hydrogen-bond acceptors (Lipinski definition) is 5. The van der Waals surface area contributed by atoms with E-state index in [4.69, 9.17) is 0 Å². The van der Waals surface area contributed by atoms with E-state index in [9.17, 15) is 27.2 Å². The zero-order chi connectivity index (χ0) is 20.2. The Hall–Kier alpha value is -2.78. The highest BCUT2D eigenvalue weighted by atomic mass is 19.2. The summed E-state index contributed by atoms with van der Waals surface area (Å²) in [6.07, 6.45) is 1.52. The van der Waals surface area contributed by atoms with Crippen LogP contribution in [0.2, 0.25) is 0 Å². The highest BCUT2D eigenvalue weighted by Gasteiger charge is 2.43. The second-order valence-electron chi connectivity index (χ2n) is 6.76. The van der Waals surface area contributed by atoms with Crippen molar-refractivity contribution in [1.29, 1.82) is 0 Å². The minimum Gasteiger partial charge on any atom is -0.365 e. The first-order chi connectivity index (χ1) is 13.3. The molecule has 3 saturated heterocycles. The van der Waals surface area contributed by atoms with Crippen LogP contribution in [0, 0.1) is 23.3 Å². The van der Waals surface area contributed by atoms with E-state index in [1.165, 1.54) is 6.08 Å². The average molecular weight is 391 g/mol. The van der Waals surface area contributed by atoms with E-state index >= 15 is 0 Å². The molecule has 0 spiro atoms. The molecule has 0 bridgehead atoms. The summed E-state index contributed by atoms with van der Waals surface area (Å²) >= 11 is 0. The van der Waals surface area contributed by atoms with Gasteiger partial charge in [-0.25, -0.2) is 17.6 Å². The van der Waals surface area contributed by atoms with E-state index in [0.717, 1.165) is 39.3 Å². The Morgan fingerprint density at radius 1 is 0.750 bits per heavy atom. The van der Waals surface area contributed by atoms with Crippen LogP contribution in [-0.4, -0.2) is 73.4 Å². The molecule has 0 unspecified atom stereocenters. The third kappa shape index (κ3) is 3.38. The molecule has 28 heavy (non-hydrogen) atoms.